The van der Waals surface area contributed by atoms with Crippen molar-refractivity contribution in [1.29, 1.82) is 0 Å². The summed E-state index contributed by atoms with van der Waals surface area (Å²) in [6.07, 6.45) is 2.92. The van der Waals surface area contributed by atoms with Gasteiger partial charge in [0.1, 0.15) is 5.82 Å². The number of pyridine rings is 1. The van der Waals surface area contributed by atoms with Gasteiger partial charge in [0, 0.05) is 44.9 Å². The van der Waals surface area contributed by atoms with Crippen LogP contribution in [-0.4, -0.2) is 49.3 Å². The number of aromatic nitrogens is 1. The summed E-state index contributed by atoms with van der Waals surface area (Å²) in [5.41, 5.74) is 6.98. The Morgan fingerprint density at radius 3 is 3.06 bits per heavy atom. The molecule has 1 aliphatic rings. The number of hydrogen-bond acceptors (Lipinski definition) is 4. The van der Waals surface area contributed by atoms with Crippen LogP contribution in [0.4, 0.5) is 4.39 Å². The van der Waals surface area contributed by atoms with Gasteiger partial charge < -0.3 is 10.5 Å². The summed E-state index contributed by atoms with van der Waals surface area (Å²) in [6, 6.07) is 1.56. The van der Waals surface area contributed by atoms with Gasteiger partial charge in [0.25, 0.3) is 0 Å². The van der Waals surface area contributed by atoms with Crippen molar-refractivity contribution in [3.63, 3.8) is 0 Å². The van der Waals surface area contributed by atoms with Crippen LogP contribution in [0.3, 0.4) is 0 Å². The lowest BCUT2D eigenvalue weighted by Crippen LogP contribution is -2.30. The van der Waals surface area contributed by atoms with Gasteiger partial charge in [0.2, 0.25) is 0 Å². The smallest absolute Gasteiger partial charge is 0.141 e. The van der Waals surface area contributed by atoms with Crippen LogP contribution in [0.5, 0.6) is 0 Å². The first-order valence-corrected chi connectivity index (χ1v) is 5.78. The fourth-order valence-corrected chi connectivity index (χ4v) is 2.30. The third-order valence-electron chi connectivity index (χ3n) is 3.21. The van der Waals surface area contributed by atoms with Crippen molar-refractivity contribution < 1.29 is 9.13 Å². The van der Waals surface area contributed by atoms with Crippen molar-refractivity contribution >= 4 is 0 Å². The van der Waals surface area contributed by atoms with Crippen LogP contribution in [0.15, 0.2) is 18.5 Å². The largest absolute Gasteiger partial charge is 0.383 e. The SMILES string of the molecule is COCCN1CC(N)C(c2cncc(F)c2)C1. The predicted molar refractivity (Wildman–Crippen MR) is 63.2 cm³/mol. The number of nitrogens with zero attached hydrogens (tertiary/aromatic N) is 2. The van der Waals surface area contributed by atoms with E-state index in [1.807, 2.05) is 0 Å². The molecule has 0 spiro atoms. The molecule has 1 fully saturated rings. The third-order valence-corrected chi connectivity index (χ3v) is 3.21. The zero-order valence-electron chi connectivity index (χ0n) is 9.97. The van der Waals surface area contributed by atoms with Gasteiger partial charge in [-0.1, -0.05) is 0 Å². The maximum atomic E-state index is 13.1. The van der Waals surface area contributed by atoms with E-state index >= 15 is 0 Å². The molecule has 4 nitrogen and oxygen atoms in total. The third kappa shape index (κ3) is 3.00. The highest BCUT2D eigenvalue weighted by Crippen LogP contribution is 2.26. The topological polar surface area (TPSA) is 51.4 Å². The molecule has 2 rings (SSSR count). The number of hydrogen-bond donors (Lipinski definition) is 1. The van der Waals surface area contributed by atoms with Gasteiger partial charge in [-0.15, -0.1) is 0 Å². The molecule has 2 atom stereocenters. The van der Waals surface area contributed by atoms with Gasteiger partial charge in [0.05, 0.1) is 12.8 Å². The molecular weight excluding hydrogens is 221 g/mol. The Labute approximate surface area is 101 Å². The maximum absolute atomic E-state index is 13.1. The monoisotopic (exact) mass is 239 g/mol. The fraction of sp³-hybridized carbons (Fsp3) is 0.583. The van der Waals surface area contributed by atoms with E-state index in [0.29, 0.717) is 6.61 Å². The Kier molecular flexibility index (Phi) is 4.04. The number of rotatable bonds is 4. The van der Waals surface area contributed by atoms with E-state index < -0.39 is 0 Å². The minimum absolute atomic E-state index is 0.0375. The molecule has 0 aliphatic carbocycles. The van der Waals surface area contributed by atoms with Gasteiger partial charge >= 0.3 is 0 Å². The van der Waals surface area contributed by atoms with Crippen molar-refractivity contribution in [2.24, 2.45) is 5.73 Å². The van der Waals surface area contributed by atoms with Gasteiger partial charge in [-0.25, -0.2) is 4.39 Å². The summed E-state index contributed by atoms with van der Waals surface area (Å²) < 4.78 is 18.2. The molecule has 0 radical (unpaired) electrons. The van der Waals surface area contributed by atoms with Crippen molar-refractivity contribution in [1.82, 2.24) is 9.88 Å². The van der Waals surface area contributed by atoms with Crippen LogP contribution >= 0.6 is 0 Å². The Morgan fingerprint density at radius 2 is 2.35 bits per heavy atom. The molecule has 17 heavy (non-hydrogen) atoms. The van der Waals surface area contributed by atoms with E-state index in [-0.39, 0.29) is 17.8 Å². The van der Waals surface area contributed by atoms with E-state index in [2.05, 4.69) is 9.88 Å². The number of methoxy groups -OCH3 is 1. The molecule has 1 aliphatic heterocycles. The highest BCUT2D eigenvalue weighted by molar-refractivity contribution is 5.20. The number of halogens is 1. The first-order valence-electron chi connectivity index (χ1n) is 5.78. The zero-order valence-corrected chi connectivity index (χ0v) is 9.97. The average molecular weight is 239 g/mol. The molecule has 1 aromatic heterocycles. The summed E-state index contributed by atoms with van der Waals surface area (Å²) in [6.45, 7) is 3.23. The Balaban J connectivity index is 2.02. The zero-order chi connectivity index (χ0) is 12.3. The molecular formula is C12H18FN3O. The summed E-state index contributed by atoms with van der Waals surface area (Å²) in [5.74, 6) is -0.139. The van der Waals surface area contributed by atoms with Crippen molar-refractivity contribution in [2.75, 3.05) is 33.4 Å². The predicted octanol–water partition coefficient (Wildman–Crippen LogP) is 0.594. The van der Waals surface area contributed by atoms with E-state index in [0.717, 1.165) is 25.2 Å². The maximum Gasteiger partial charge on any atom is 0.141 e. The van der Waals surface area contributed by atoms with E-state index in [4.69, 9.17) is 10.5 Å². The molecule has 1 saturated heterocycles. The van der Waals surface area contributed by atoms with Crippen molar-refractivity contribution in [2.45, 2.75) is 12.0 Å². The minimum Gasteiger partial charge on any atom is -0.383 e. The fourth-order valence-electron chi connectivity index (χ4n) is 2.30. The summed E-state index contributed by atoms with van der Waals surface area (Å²) >= 11 is 0. The highest BCUT2D eigenvalue weighted by Gasteiger charge is 2.31. The second kappa shape index (κ2) is 5.53. The Hall–Kier alpha value is -1.04. The van der Waals surface area contributed by atoms with E-state index in [9.17, 15) is 4.39 Å². The molecule has 0 aromatic carbocycles. The quantitative estimate of drug-likeness (QED) is 0.835. The normalized spacial score (nSPS) is 25.4. The summed E-state index contributed by atoms with van der Waals surface area (Å²) in [4.78, 5) is 6.12. The lowest BCUT2D eigenvalue weighted by atomic mass is 9.96. The number of likely N-dealkylation sites (tertiary alicyclic amines) is 1. The first-order chi connectivity index (χ1) is 8.20. The number of nitrogens with two attached hydrogens (primary N) is 1. The van der Waals surface area contributed by atoms with Crippen LogP contribution in [0.1, 0.15) is 11.5 Å². The second-order valence-electron chi connectivity index (χ2n) is 4.46. The van der Waals surface area contributed by atoms with Crippen molar-refractivity contribution in [3.8, 4) is 0 Å². The van der Waals surface area contributed by atoms with Crippen LogP contribution in [-0.2, 0) is 4.74 Å². The average Bonchev–Trinajstić information content (AvgIpc) is 2.68. The lowest BCUT2D eigenvalue weighted by molar-refractivity contribution is 0.160. The Morgan fingerprint density at radius 1 is 1.53 bits per heavy atom. The first kappa shape index (κ1) is 12.4. The molecule has 94 valence electrons. The summed E-state index contributed by atoms with van der Waals surface area (Å²) in [5, 5.41) is 0. The van der Waals surface area contributed by atoms with Crippen molar-refractivity contribution in [3.05, 3.63) is 29.8 Å². The van der Waals surface area contributed by atoms with Crippen LogP contribution in [0.25, 0.3) is 0 Å². The van der Waals surface area contributed by atoms with E-state index in [1.54, 1.807) is 13.3 Å². The molecule has 0 saturated carbocycles. The highest BCUT2D eigenvalue weighted by atomic mass is 19.1. The minimum atomic E-state index is -0.301. The standard InChI is InChI=1S/C12H18FN3O/c1-17-3-2-16-7-11(12(14)8-16)9-4-10(13)6-15-5-9/h4-6,11-12H,2-3,7-8,14H2,1H3. The number of ether oxygens (including phenoxy) is 1. The van der Waals surface area contributed by atoms with Crippen LogP contribution < -0.4 is 5.73 Å². The molecule has 2 heterocycles. The molecule has 2 unspecified atom stereocenters. The molecule has 0 bridgehead atoms. The van der Waals surface area contributed by atoms with Gasteiger partial charge in [-0.3, -0.25) is 9.88 Å². The molecule has 0 amide bonds. The Bertz CT molecular complexity index is 375. The molecule has 1 aromatic rings. The summed E-state index contributed by atoms with van der Waals surface area (Å²) in [7, 11) is 1.68. The lowest BCUT2D eigenvalue weighted by Gasteiger charge is -2.15. The van der Waals surface area contributed by atoms with Gasteiger partial charge in [-0.05, 0) is 11.6 Å². The van der Waals surface area contributed by atoms with Crippen LogP contribution in [0.2, 0.25) is 0 Å². The van der Waals surface area contributed by atoms with Crippen LogP contribution in [0, 0.1) is 5.82 Å². The van der Waals surface area contributed by atoms with E-state index in [1.165, 1.54) is 12.3 Å². The molecule has 2 N–H and O–H groups in total. The van der Waals surface area contributed by atoms with Gasteiger partial charge in [-0.2, -0.15) is 0 Å². The molecule has 5 heteroatoms. The second-order valence-corrected chi connectivity index (χ2v) is 4.46. The van der Waals surface area contributed by atoms with Gasteiger partial charge in [0.15, 0.2) is 0 Å².